The fraction of sp³-hybridized carbons (Fsp3) is 0.867. The minimum atomic E-state index is -1.43. The Hall–Kier alpha value is -1.14. The van der Waals surface area contributed by atoms with E-state index in [0.717, 1.165) is 0 Å². The van der Waals surface area contributed by atoms with Gasteiger partial charge in [0.05, 0.1) is 0 Å². The maximum atomic E-state index is 12.2. The Morgan fingerprint density at radius 3 is 1.19 bits per heavy atom. The molecule has 0 spiro atoms. The van der Waals surface area contributed by atoms with Crippen LogP contribution in [0.1, 0.15) is 68.2 Å². The highest BCUT2D eigenvalue weighted by atomic mass is 17.2. The second-order valence-electron chi connectivity index (χ2n) is 6.92. The molecular weight excluding hydrogens is 276 g/mol. The fourth-order valence-electron chi connectivity index (χ4n) is 1.40. The van der Waals surface area contributed by atoms with Crippen LogP contribution in [-0.4, -0.2) is 23.1 Å². The summed E-state index contributed by atoms with van der Waals surface area (Å²) in [5, 5.41) is 0. The van der Waals surface area contributed by atoms with Crippen molar-refractivity contribution in [2.75, 3.05) is 0 Å². The first kappa shape index (κ1) is 19.9. The summed E-state index contributed by atoms with van der Waals surface area (Å²) in [6, 6.07) is 0. The lowest BCUT2D eigenvalue weighted by Crippen LogP contribution is -2.43. The van der Waals surface area contributed by atoms with Gasteiger partial charge in [0.1, 0.15) is 11.2 Å². The highest BCUT2D eigenvalue weighted by Gasteiger charge is 2.48. The highest BCUT2D eigenvalue weighted by Crippen LogP contribution is 2.31. The lowest BCUT2D eigenvalue weighted by atomic mass is 9.82. The summed E-state index contributed by atoms with van der Waals surface area (Å²) in [7, 11) is 0. The molecule has 0 aliphatic carbocycles. The van der Waals surface area contributed by atoms with Crippen molar-refractivity contribution in [2.45, 2.75) is 79.4 Å². The second kappa shape index (κ2) is 7.22. The zero-order valence-corrected chi connectivity index (χ0v) is 14.4. The van der Waals surface area contributed by atoms with E-state index in [4.69, 9.17) is 19.6 Å². The van der Waals surface area contributed by atoms with Gasteiger partial charge in [-0.2, -0.15) is 9.78 Å². The Labute approximate surface area is 126 Å². The van der Waals surface area contributed by atoms with E-state index in [9.17, 15) is 9.59 Å². The zero-order chi connectivity index (χ0) is 16.9. The molecule has 0 radical (unpaired) electrons. The Morgan fingerprint density at radius 1 is 0.714 bits per heavy atom. The molecular formula is C15H28O6. The zero-order valence-electron chi connectivity index (χ0n) is 14.4. The molecule has 0 aromatic carbocycles. The molecule has 6 heteroatoms. The summed E-state index contributed by atoms with van der Waals surface area (Å²) >= 11 is 0. The van der Waals surface area contributed by atoms with Gasteiger partial charge in [-0.1, -0.05) is 13.8 Å². The third-order valence-electron chi connectivity index (χ3n) is 2.72. The summed E-state index contributed by atoms with van der Waals surface area (Å²) in [6.07, 6.45) is 0.449. The first-order valence-electron chi connectivity index (χ1n) is 7.18. The molecule has 0 fully saturated rings. The monoisotopic (exact) mass is 304 g/mol. The van der Waals surface area contributed by atoms with Gasteiger partial charge in [-0.05, 0) is 54.4 Å². The van der Waals surface area contributed by atoms with E-state index >= 15 is 0 Å². The molecule has 0 aliphatic rings. The summed E-state index contributed by atoms with van der Waals surface area (Å²) in [5.74, 6) is -1.55. The maximum Gasteiger partial charge on any atom is 0.359 e. The molecule has 0 aromatic rings. The van der Waals surface area contributed by atoms with Crippen molar-refractivity contribution < 1.29 is 29.1 Å². The van der Waals surface area contributed by atoms with Gasteiger partial charge in [-0.15, -0.1) is 0 Å². The predicted molar refractivity (Wildman–Crippen MR) is 76.9 cm³/mol. The molecule has 21 heavy (non-hydrogen) atoms. The van der Waals surface area contributed by atoms with Crippen LogP contribution in [0.3, 0.4) is 0 Å². The van der Waals surface area contributed by atoms with Crippen molar-refractivity contribution in [3.8, 4) is 0 Å². The Kier molecular flexibility index (Phi) is 6.83. The largest absolute Gasteiger partial charge is 0.359 e. The van der Waals surface area contributed by atoms with Crippen molar-refractivity contribution in [1.82, 2.24) is 0 Å². The Bertz CT molecular complexity index is 325. The molecule has 0 bridgehead atoms. The first-order chi connectivity index (χ1) is 9.38. The normalized spacial score (nSPS) is 13.0. The third-order valence-corrected chi connectivity index (χ3v) is 2.72. The van der Waals surface area contributed by atoms with Crippen LogP contribution in [0.25, 0.3) is 0 Å². The highest BCUT2D eigenvalue weighted by molar-refractivity contribution is 5.99. The maximum absolute atomic E-state index is 12.2. The van der Waals surface area contributed by atoms with Gasteiger partial charge in [-0.25, -0.2) is 9.59 Å². The van der Waals surface area contributed by atoms with Gasteiger partial charge >= 0.3 is 11.9 Å². The first-order valence-corrected chi connectivity index (χ1v) is 7.18. The Balaban J connectivity index is 4.97. The van der Waals surface area contributed by atoms with E-state index in [1.807, 2.05) is 0 Å². The van der Waals surface area contributed by atoms with E-state index in [2.05, 4.69) is 0 Å². The minimum Gasteiger partial charge on any atom is -0.297 e. The molecule has 0 N–H and O–H groups in total. The summed E-state index contributed by atoms with van der Waals surface area (Å²) in [4.78, 5) is 44.1. The molecule has 0 aromatic heterocycles. The molecule has 0 saturated carbocycles. The number of hydrogen-bond donors (Lipinski definition) is 0. The SMILES string of the molecule is CCC(CC)(C(=O)OOC(C)(C)C)C(=O)OOC(C)(C)C. The van der Waals surface area contributed by atoms with Gasteiger partial charge in [-0.3, -0.25) is 9.78 Å². The summed E-state index contributed by atoms with van der Waals surface area (Å²) < 4.78 is 0. The van der Waals surface area contributed by atoms with E-state index in [0.29, 0.717) is 0 Å². The van der Waals surface area contributed by atoms with Gasteiger partial charge in [0.2, 0.25) is 0 Å². The minimum absolute atomic E-state index is 0.224. The van der Waals surface area contributed by atoms with Crippen molar-refractivity contribution in [1.29, 1.82) is 0 Å². The average Bonchev–Trinajstić information content (AvgIpc) is 2.34. The molecule has 0 unspecified atom stereocenters. The van der Waals surface area contributed by atoms with Crippen LogP contribution < -0.4 is 0 Å². The molecule has 124 valence electrons. The van der Waals surface area contributed by atoms with Crippen molar-refractivity contribution >= 4 is 11.9 Å². The van der Waals surface area contributed by atoms with Crippen LogP contribution in [0.2, 0.25) is 0 Å². The second-order valence-corrected chi connectivity index (χ2v) is 6.92. The average molecular weight is 304 g/mol. The van der Waals surface area contributed by atoms with Gasteiger partial charge in [0.25, 0.3) is 0 Å². The van der Waals surface area contributed by atoms with Crippen molar-refractivity contribution in [3.05, 3.63) is 0 Å². The summed E-state index contributed by atoms with van der Waals surface area (Å²) in [5.41, 5.74) is -2.75. The topological polar surface area (TPSA) is 71.1 Å². The number of carbonyl (C=O) groups is 2. The molecule has 0 rings (SSSR count). The van der Waals surface area contributed by atoms with Gasteiger partial charge in [0, 0.05) is 0 Å². The van der Waals surface area contributed by atoms with E-state index in [1.54, 1.807) is 55.4 Å². The van der Waals surface area contributed by atoms with E-state index in [1.165, 1.54) is 0 Å². The number of rotatable bonds is 6. The van der Waals surface area contributed by atoms with Crippen LogP contribution in [-0.2, 0) is 29.1 Å². The number of hydrogen-bond acceptors (Lipinski definition) is 6. The molecule has 0 heterocycles. The van der Waals surface area contributed by atoms with Crippen LogP contribution >= 0.6 is 0 Å². The van der Waals surface area contributed by atoms with Crippen LogP contribution in [0.5, 0.6) is 0 Å². The predicted octanol–water partition coefficient (Wildman–Crippen LogP) is 3.34. The Morgan fingerprint density at radius 2 is 1.00 bits per heavy atom. The quantitative estimate of drug-likeness (QED) is 0.426. The molecule has 0 saturated heterocycles. The lowest BCUT2D eigenvalue weighted by Gasteiger charge is -2.28. The van der Waals surface area contributed by atoms with Crippen molar-refractivity contribution in [3.63, 3.8) is 0 Å². The van der Waals surface area contributed by atoms with Gasteiger partial charge < -0.3 is 0 Å². The molecule has 0 aliphatic heterocycles. The van der Waals surface area contributed by atoms with Crippen molar-refractivity contribution in [2.24, 2.45) is 5.41 Å². The molecule has 0 atom stereocenters. The summed E-state index contributed by atoms with van der Waals surface area (Å²) in [6.45, 7) is 13.8. The van der Waals surface area contributed by atoms with Crippen LogP contribution in [0, 0.1) is 5.41 Å². The standard InChI is InChI=1S/C15H28O6/c1-9-15(10-2,11(16)18-20-13(3,4)5)12(17)19-21-14(6,7)8/h9-10H2,1-8H3. The number of carbonyl (C=O) groups excluding carboxylic acids is 2. The smallest absolute Gasteiger partial charge is 0.297 e. The molecule has 6 nitrogen and oxygen atoms in total. The van der Waals surface area contributed by atoms with E-state index < -0.39 is 28.6 Å². The van der Waals surface area contributed by atoms with Crippen LogP contribution in [0.15, 0.2) is 0 Å². The lowest BCUT2D eigenvalue weighted by molar-refractivity contribution is -0.340. The fourth-order valence-corrected chi connectivity index (χ4v) is 1.40. The molecule has 0 amide bonds. The van der Waals surface area contributed by atoms with Gasteiger partial charge in [0.15, 0.2) is 5.41 Å². The third kappa shape index (κ3) is 6.44. The van der Waals surface area contributed by atoms with Crippen LogP contribution in [0.4, 0.5) is 0 Å². The van der Waals surface area contributed by atoms with E-state index in [-0.39, 0.29) is 12.8 Å².